The topological polar surface area (TPSA) is 75.2 Å². The Bertz CT molecular complexity index is 625. The molecule has 4 rings (SSSR count). The van der Waals surface area contributed by atoms with Crippen LogP contribution in [0.15, 0.2) is 6.20 Å². The highest BCUT2D eigenvalue weighted by Gasteiger charge is 2.43. The summed E-state index contributed by atoms with van der Waals surface area (Å²) in [6, 6.07) is 0.0401. The molecule has 22 heavy (non-hydrogen) atoms. The number of Topliss-reactive ketones (excluding diaryl/α,β-unsaturated/α-hetero) is 1. The average Bonchev–Trinajstić information content (AvgIpc) is 3.27. The lowest BCUT2D eigenvalue weighted by Crippen LogP contribution is -2.48. The maximum Gasteiger partial charge on any atom is 0.322 e. The van der Waals surface area contributed by atoms with E-state index in [4.69, 9.17) is 0 Å². The van der Waals surface area contributed by atoms with Crippen molar-refractivity contribution in [3.8, 4) is 0 Å². The Labute approximate surface area is 129 Å². The van der Waals surface area contributed by atoms with E-state index in [9.17, 15) is 9.59 Å². The van der Waals surface area contributed by atoms with Gasteiger partial charge in [0.2, 0.25) is 0 Å². The Morgan fingerprint density at radius 3 is 2.55 bits per heavy atom. The van der Waals surface area contributed by atoms with E-state index in [1.54, 1.807) is 6.20 Å². The number of fused-ring (bicyclic) bond motifs is 2. The number of aryl methyl sites for hydroxylation is 1. The predicted octanol–water partition coefficient (Wildman–Crippen LogP) is 2.39. The van der Waals surface area contributed by atoms with Gasteiger partial charge in [-0.2, -0.15) is 0 Å². The van der Waals surface area contributed by atoms with Gasteiger partial charge in [-0.05, 0) is 32.6 Å². The second kappa shape index (κ2) is 5.04. The van der Waals surface area contributed by atoms with E-state index < -0.39 is 0 Å². The lowest BCUT2D eigenvalue weighted by atomic mass is 10.0. The van der Waals surface area contributed by atoms with Gasteiger partial charge in [-0.3, -0.25) is 4.79 Å². The van der Waals surface area contributed by atoms with Crippen molar-refractivity contribution in [3.05, 3.63) is 17.7 Å². The van der Waals surface area contributed by atoms with Crippen LogP contribution in [0.1, 0.15) is 56.0 Å². The Morgan fingerprint density at radius 2 is 1.91 bits per heavy atom. The summed E-state index contributed by atoms with van der Waals surface area (Å²) in [5, 5.41) is 3.00. The van der Waals surface area contributed by atoms with Crippen molar-refractivity contribution in [3.63, 3.8) is 0 Å². The van der Waals surface area contributed by atoms with Crippen LogP contribution >= 0.6 is 0 Å². The first-order valence-corrected chi connectivity index (χ1v) is 8.06. The predicted molar refractivity (Wildman–Crippen MR) is 80.7 cm³/mol. The van der Waals surface area contributed by atoms with Crippen molar-refractivity contribution < 1.29 is 9.59 Å². The minimum Gasteiger partial charge on any atom is -0.318 e. The molecule has 6 heteroatoms. The number of hydrogen-bond donors (Lipinski definition) is 1. The van der Waals surface area contributed by atoms with Gasteiger partial charge in [0.25, 0.3) is 0 Å². The van der Waals surface area contributed by atoms with Crippen molar-refractivity contribution in [2.45, 2.75) is 63.5 Å². The van der Waals surface area contributed by atoms with Crippen LogP contribution in [0.25, 0.3) is 0 Å². The summed E-state index contributed by atoms with van der Waals surface area (Å²) >= 11 is 0. The molecule has 0 aromatic carbocycles. The number of ketones is 1. The number of piperidine rings is 1. The van der Waals surface area contributed by atoms with Crippen LogP contribution in [0.4, 0.5) is 10.5 Å². The smallest absolute Gasteiger partial charge is 0.318 e. The average molecular weight is 300 g/mol. The zero-order valence-corrected chi connectivity index (χ0v) is 12.7. The molecular weight excluding hydrogens is 280 g/mol. The molecular formula is C16H20N4O2. The van der Waals surface area contributed by atoms with Crippen LogP contribution < -0.4 is 5.32 Å². The minimum atomic E-state index is -0.102. The quantitative estimate of drug-likeness (QED) is 0.910. The monoisotopic (exact) mass is 300 g/mol. The Kier molecular flexibility index (Phi) is 3.13. The first kappa shape index (κ1) is 13.7. The largest absolute Gasteiger partial charge is 0.322 e. The first-order valence-electron chi connectivity index (χ1n) is 8.06. The summed E-state index contributed by atoms with van der Waals surface area (Å²) in [5.41, 5.74) is 1.69. The first-order chi connectivity index (χ1) is 10.6. The number of carbonyl (C=O) groups excluding carboxylic acids is 2. The van der Waals surface area contributed by atoms with Crippen molar-refractivity contribution in [2.75, 3.05) is 5.32 Å². The van der Waals surface area contributed by atoms with Gasteiger partial charge in [0.05, 0.1) is 17.6 Å². The van der Waals surface area contributed by atoms with Crippen LogP contribution in [-0.2, 0) is 4.79 Å². The lowest BCUT2D eigenvalue weighted by molar-refractivity contribution is -0.122. The molecule has 2 aliphatic heterocycles. The number of urea groups is 1. The van der Waals surface area contributed by atoms with Gasteiger partial charge in [-0.25, -0.2) is 14.8 Å². The number of anilines is 1. The molecule has 2 amide bonds. The third kappa shape index (κ3) is 2.36. The summed E-state index contributed by atoms with van der Waals surface area (Å²) in [6.45, 7) is 1.87. The number of amides is 2. The maximum atomic E-state index is 12.7. The molecule has 6 nitrogen and oxygen atoms in total. The molecule has 3 heterocycles. The Balaban J connectivity index is 1.54. The van der Waals surface area contributed by atoms with E-state index >= 15 is 0 Å². The van der Waals surface area contributed by atoms with Gasteiger partial charge >= 0.3 is 6.03 Å². The molecule has 1 aromatic heterocycles. The molecule has 0 radical (unpaired) electrons. The number of aromatic nitrogens is 2. The standard InChI is InChI=1S/C16H20N4O2/c1-9-17-8-14(15(18-9)10-2-3-10)19-16(22)20-11-4-5-12(20)7-13(21)6-11/h8,10-12H,2-7H2,1H3,(H,19,22). The Hall–Kier alpha value is -1.98. The zero-order chi connectivity index (χ0) is 15.3. The molecule has 116 valence electrons. The van der Waals surface area contributed by atoms with Crippen LogP contribution in [0.5, 0.6) is 0 Å². The van der Waals surface area contributed by atoms with E-state index in [0.29, 0.717) is 18.8 Å². The normalized spacial score (nSPS) is 27.1. The molecule has 2 atom stereocenters. The number of hydrogen-bond acceptors (Lipinski definition) is 4. The number of carbonyl (C=O) groups is 2. The lowest BCUT2D eigenvalue weighted by Gasteiger charge is -2.34. The van der Waals surface area contributed by atoms with Crippen molar-refractivity contribution in [1.82, 2.24) is 14.9 Å². The molecule has 1 saturated carbocycles. The molecule has 3 fully saturated rings. The second-order valence-electron chi connectivity index (χ2n) is 6.66. The molecule has 2 bridgehead atoms. The third-order valence-electron chi connectivity index (χ3n) is 4.93. The highest BCUT2D eigenvalue weighted by molar-refractivity contribution is 5.92. The summed E-state index contributed by atoms with van der Waals surface area (Å²) in [4.78, 5) is 34.9. The third-order valence-corrected chi connectivity index (χ3v) is 4.93. The SMILES string of the molecule is Cc1ncc(NC(=O)N2C3CCC2CC(=O)C3)c(C2CC2)n1. The van der Waals surface area contributed by atoms with E-state index in [0.717, 1.165) is 42.9 Å². The Morgan fingerprint density at radius 1 is 1.23 bits per heavy atom. The minimum absolute atomic E-state index is 0.0713. The highest BCUT2D eigenvalue weighted by atomic mass is 16.2. The van der Waals surface area contributed by atoms with Gasteiger partial charge in [0.15, 0.2) is 0 Å². The van der Waals surface area contributed by atoms with E-state index in [-0.39, 0.29) is 23.9 Å². The van der Waals surface area contributed by atoms with E-state index in [1.807, 2.05) is 11.8 Å². The number of rotatable bonds is 2. The van der Waals surface area contributed by atoms with Crippen LogP contribution in [-0.4, -0.2) is 38.8 Å². The van der Waals surface area contributed by atoms with E-state index in [1.165, 1.54) is 0 Å². The number of nitrogens with one attached hydrogen (secondary N) is 1. The van der Waals surface area contributed by atoms with Crippen molar-refractivity contribution >= 4 is 17.5 Å². The van der Waals surface area contributed by atoms with Gasteiger partial charge in [0, 0.05) is 30.8 Å². The summed E-state index contributed by atoms with van der Waals surface area (Å²) in [5.74, 6) is 1.48. The molecule has 0 spiro atoms. The molecule has 1 aromatic rings. The molecule has 2 saturated heterocycles. The van der Waals surface area contributed by atoms with Gasteiger partial charge < -0.3 is 10.2 Å². The molecule has 2 unspecified atom stereocenters. The van der Waals surface area contributed by atoms with Crippen molar-refractivity contribution in [1.29, 1.82) is 0 Å². The fraction of sp³-hybridized carbons (Fsp3) is 0.625. The van der Waals surface area contributed by atoms with Gasteiger partial charge in [-0.1, -0.05) is 0 Å². The van der Waals surface area contributed by atoms with Crippen molar-refractivity contribution in [2.24, 2.45) is 0 Å². The van der Waals surface area contributed by atoms with Gasteiger partial charge in [-0.15, -0.1) is 0 Å². The summed E-state index contributed by atoms with van der Waals surface area (Å²) in [6.07, 6.45) is 6.84. The highest BCUT2D eigenvalue weighted by Crippen LogP contribution is 2.42. The zero-order valence-electron chi connectivity index (χ0n) is 12.7. The summed E-state index contributed by atoms with van der Waals surface area (Å²) in [7, 11) is 0. The second-order valence-corrected chi connectivity index (χ2v) is 6.66. The van der Waals surface area contributed by atoms with Crippen LogP contribution in [0.3, 0.4) is 0 Å². The van der Waals surface area contributed by atoms with Crippen LogP contribution in [0, 0.1) is 6.92 Å². The van der Waals surface area contributed by atoms with Gasteiger partial charge in [0.1, 0.15) is 11.6 Å². The fourth-order valence-electron chi connectivity index (χ4n) is 3.73. The van der Waals surface area contributed by atoms with Crippen LogP contribution in [0.2, 0.25) is 0 Å². The fourth-order valence-corrected chi connectivity index (χ4v) is 3.73. The van der Waals surface area contributed by atoms with E-state index in [2.05, 4.69) is 15.3 Å². The molecule has 1 N–H and O–H groups in total. The summed E-state index contributed by atoms with van der Waals surface area (Å²) < 4.78 is 0. The maximum absolute atomic E-state index is 12.7. The molecule has 3 aliphatic rings. The number of nitrogens with zero attached hydrogens (tertiary/aromatic N) is 3. The molecule has 1 aliphatic carbocycles.